The molecule has 3 aromatic heterocycles. The van der Waals surface area contributed by atoms with E-state index in [1.807, 2.05) is 19.9 Å². The van der Waals surface area contributed by atoms with Crippen molar-refractivity contribution >= 4 is 11.7 Å². The first-order chi connectivity index (χ1) is 11.1. The second-order valence-electron chi connectivity index (χ2n) is 5.13. The molecule has 118 valence electrons. The average molecular weight is 312 g/mol. The minimum absolute atomic E-state index is 0.0250. The third kappa shape index (κ3) is 3.79. The molecule has 0 aliphatic carbocycles. The van der Waals surface area contributed by atoms with Crippen molar-refractivity contribution in [3.05, 3.63) is 53.6 Å². The van der Waals surface area contributed by atoms with Gasteiger partial charge in [0, 0.05) is 11.9 Å². The molecule has 0 aliphatic heterocycles. The van der Waals surface area contributed by atoms with Crippen LogP contribution in [0, 0.1) is 13.8 Å². The van der Waals surface area contributed by atoms with Crippen LogP contribution in [0.5, 0.6) is 0 Å². The van der Waals surface area contributed by atoms with Crippen molar-refractivity contribution in [2.24, 2.45) is 0 Å². The van der Waals surface area contributed by atoms with E-state index in [1.165, 1.54) is 0 Å². The molecule has 8 heteroatoms. The van der Waals surface area contributed by atoms with Gasteiger partial charge in [-0.2, -0.15) is 10.1 Å². The maximum atomic E-state index is 11.9. The number of hydrogen-bond acceptors (Lipinski definition) is 6. The summed E-state index contributed by atoms with van der Waals surface area (Å²) in [6.45, 7) is 4.26. The number of rotatable bonds is 5. The summed E-state index contributed by atoms with van der Waals surface area (Å²) >= 11 is 0. The molecule has 0 bridgehead atoms. The SMILES string of the molecule is Cc1cc(C)n(Cc2nc(CC(=O)Nc3ccccn3)no2)n1. The highest BCUT2D eigenvalue weighted by atomic mass is 16.5. The van der Waals surface area contributed by atoms with Crippen LogP contribution >= 0.6 is 0 Å². The summed E-state index contributed by atoms with van der Waals surface area (Å²) in [6.07, 6.45) is 1.63. The van der Waals surface area contributed by atoms with Crippen molar-refractivity contribution in [3.8, 4) is 0 Å². The standard InChI is InChI=1S/C15H16N6O2/c1-10-7-11(2)21(19-10)9-15-18-13(20-23-15)8-14(22)17-12-5-3-4-6-16-12/h3-7H,8-9H2,1-2H3,(H,16,17,22). The fourth-order valence-corrected chi connectivity index (χ4v) is 2.16. The van der Waals surface area contributed by atoms with E-state index >= 15 is 0 Å². The monoisotopic (exact) mass is 312 g/mol. The van der Waals surface area contributed by atoms with Crippen molar-refractivity contribution < 1.29 is 9.32 Å². The van der Waals surface area contributed by atoms with Crippen LogP contribution in [0.15, 0.2) is 35.0 Å². The predicted octanol–water partition coefficient (Wildman–Crippen LogP) is 1.51. The molecule has 3 rings (SSSR count). The van der Waals surface area contributed by atoms with Gasteiger partial charge >= 0.3 is 0 Å². The number of nitrogens with zero attached hydrogens (tertiary/aromatic N) is 5. The number of aryl methyl sites for hydroxylation is 2. The van der Waals surface area contributed by atoms with E-state index < -0.39 is 0 Å². The maximum absolute atomic E-state index is 11.9. The Morgan fingerprint density at radius 1 is 1.35 bits per heavy atom. The molecule has 1 amide bonds. The molecule has 0 aromatic carbocycles. The molecule has 8 nitrogen and oxygen atoms in total. The summed E-state index contributed by atoms with van der Waals surface area (Å²) in [5.41, 5.74) is 1.94. The molecule has 3 aromatic rings. The number of carbonyl (C=O) groups is 1. The van der Waals surface area contributed by atoms with E-state index in [0.29, 0.717) is 24.1 Å². The zero-order valence-electron chi connectivity index (χ0n) is 12.9. The first-order valence-electron chi connectivity index (χ1n) is 7.13. The Balaban J connectivity index is 1.61. The Labute approximate surface area is 132 Å². The summed E-state index contributed by atoms with van der Waals surface area (Å²) in [5, 5.41) is 10.8. The van der Waals surface area contributed by atoms with Crippen molar-refractivity contribution in [1.29, 1.82) is 0 Å². The van der Waals surface area contributed by atoms with Gasteiger partial charge in [-0.1, -0.05) is 11.2 Å². The van der Waals surface area contributed by atoms with Crippen LogP contribution < -0.4 is 5.32 Å². The summed E-state index contributed by atoms with van der Waals surface area (Å²) < 4.78 is 6.94. The number of anilines is 1. The molecule has 1 N–H and O–H groups in total. The molecule has 0 unspecified atom stereocenters. The zero-order chi connectivity index (χ0) is 16.2. The first kappa shape index (κ1) is 14.9. The molecule has 0 saturated carbocycles. The molecule has 3 heterocycles. The van der Waals surface area contributed by atoms with Gasteiger partial charge in [0.15, 0.2) is 5.82 Å². The Hall–Kier alpha value is -3.03. The Bertz CT molecular complexity index is 808. The smallest absolute Gasteiger partial charge is 0.248 e. The minimum Gasteiger partial charge on any atom is -0.337 e. The van der Waals surface area contributed by atoms with E-state index in [-0.39, 0.29) is 12.3 Å². The molecule has 0 saturated heterocycles. The number of carbonyl (C=O) groups excluding carboxylic acids is 1. The average Bonchev–Trinajstić information content (AvgIpc) is 3.07. The molecule has 0 radical (unpaired) electrons. The molecule has 23 heavy (non-hydrogen) atoms. The van der Waals surface area contributed by atoms with Crippen LogP contribution in [0.25, 0.3) is 0 Å². The van der Waals surface area contributed by atoms with Gasteiger partial charge in [0.05, 0.1) is 12.1 Å². The van der Waals surface area contributed by atoms with Crippen LogP contribution in [0.1, 0.15) is 23.1 Å². The number of hydrogen-bond donors (Lipinski definition) is 1. The van der Waals surface area contributed by atoms with Gasteiger partial charge in [0.25, 0.3) is 0 Å². The normalized spacial score (nSPS) is 10.7. The lowest BCUT2D eigenvalue weighted by Crippen LogP contribution is -2.16. The lowest BCUT2D eigenvalue weighted by Gasteiger charge is -2.01. The van der Waals surface area contributed by atoms with Gasteiger partial charge in [-0.15, -0.1) is 0 Å². The number of aromatic nitrogens is 5. The van der Waals surface area contributed by atoms with Gasteiger partial charge < -0.3 is 9.84 Å². The predicted molar refractivity (Wildman–Crippen MR) is 81.7 cm³/mol. The van der Waals surface area contributed by atoms with E-state index in [4.69, 9.17) is 4.52 Å². The third-order valence-electron chi connectivity index (χ3n) is 3.15. The highest BCUT2D eigenvalue weighted by Crippen LogP contribution is 2.07. The number of pyridine rings is 1. The van der Waals surface area contributed by atoms with E-state index in [9.17, 15) is 4.79 Å². The molecule has 0 spiro atoms. The zero-order valence-corrected chi connectivity index (χ0v) is 12.9. The van der Waals surface area contributed by atoms with Gasteiger partial charge in [-0.05, 0) is 32.0 Å². The number of nitrogens with one attached hydrogen (secondary N) is 1. The van der Waals surface area contributed by atoms with E-state index in [1.54, 1.807) is 29.1 Å². The second-order valence-corrected chi connectivity index (χ2v) is 5.13. The van der Waals surface area contributed by atoms with Gasteiger partial charge in [0.2, 0.25) is 11.8 Å². The maximum Gasteiger partial charge on any atom is 0.248 e. The molecular formula is C15H16N6O2. The van der Waals surface area contributed by atoms with Gasteiger partial charge in [-0.3, -0.25) is 9.48 Å². The van der Waals surface area contributed by atoms with Crippen molar-refractivity contribution in [1.82, 2.24) is 24.9 Å². The van der Waals surface area contributed by atoms with Crippen LogP contribution in [0.3, 0.4) is 0 Å². The van der Waals surface area contributed by atoms with Crippen LogP contribution in [0.4, 0.5) is 5.82 Å². The topological polar surface area (TPSA) is 98.7 Å². The van der Waals surface area contributed by atoms with Crippen LogP contribution in [0.2, 0.25) is 0 Å². The second kappa shape index (κ2) is 6.39. The molecule has 0 atom stereocenters. The summed E-state index contributed by atoms with van der Waals surface area (Å²) in [6, 6.07) is 7.25. The Morgan fingerprint density at radius 2 is 2.22 bits per heavy atom. The third-order valence-corrected chi connectivity index (χ3v) is 3.15. The van der Waals surface area contributed by atoms with Gasteiger partial charge in [-0.25, -0.2) is 4.98 Å². The Morgan fingerprint density at radius 3 is 2.91 bits per heavy atom. The van der Waals surface area contributed by atoms with E-state index in [2.05, 4.69) is 25.5 Å². The van der Waals surface area contributed by atoms with Crippen LogP contribution in [-0.2, 0) is 17.8 Å². The molecule has 0 fully saturated rings. The Kier molecular flexibility index (Phi) is 4.13. The minimum atomic E-state index is -0.248. The molecular weight excluding hydrogens is 296 g/mol. The quantitative estimate of drug-likeness (QED) is 0.766. The van der Waals surface area contributed by atoms with Crippen molar-refractivity contribution in [3.63, 3.8) is 0 Å². The lowest BCUT2D eigenvalue weighted by atomic mass is 10.3. The highest BCUT2D eigenvalue weighted by Gasteiger charge is 2.13. The number of amides is 1. The van der Waals surface area contributed by atoms with Crippen molar-refractivity contribution in [2.45, 2.75) is 26.8 Å². The summed E-state index contributed by atoms with van der Waals surface area (Å²) in [7, 11) is 0. The molecule has 0 aliphatic rings. The van der Waals surface area contributed by atoms with E-state index in [0.717, 1.165) is 11.4 Å². The van der Waals surface area contributed by atoms with Crippen LogP contribution in [-0.4, -0.2) is 30.8 Å². The summed E-state index contributed by atoms with van der Waals surface area (Å²) in [4.78, 5) is 20.2. The highest BCUT2D eigenvalue weighted by molar-refractivity contribution is 5.90. The fraction of sp³-hybridized carbons (Fsp3) is 0.267. The summed E-state index contributed by atoms with van der Waals surface area (Å²) in [5.74, 6) is 0.984. The first-order valence-corrected chi connectivity index (χ1v) is 7.13. The largest absolute Gasteiger partial charge is 0.337 e. The van der Waals surface area contributed by atoms with Gasteiger partial charge in [0.1, 0.15) is 12.4 Å². The van der Waals surface area contributed by atoms with Crippen molar-refractivity contribution in [2.75, 3.05) is 5.32 Å². The fourth-order valence-electron chi connectivity index (χ4n) is 2.16. The lowest BCUT2D eigenvalue weighted by molar-refractivity contribution is -0.115.